The smallest absolute Gasteiger partial charge is 0.152 e. The van der Waals surface area contributed by atoms with Gasteiger partial charge in [0.05, 0.1) is 0 Å². The largest absolute Gasteiger partial charge is 2.00 e. The quantitative estimate of drug-likeness (QED) is 0.482. The number of aldehydes is 1. The van der Waals surface area contributed by atoms with Gasteiger partial charge in [-0.3, -0.25) is 4.79 Å². The van der Waals surface area contributed by atoms with E-state index < -0.39 is 0 Å². The SMILES string of the molecule is Nc1ccc(Br)cc1C=O.[Mn].[O-2].[O-2]. The summed E-state index contributed by atoms with van der Waals surface area (Å²) in [5.74, 6) is 0. The average molecular weight is 287 g/mol. The van der Waals surface area contributed by atoms with Crippen molar-refractivity contribution >= 4 is 27.9 Å². The van der Waals surface area contributed by atoms with E-state index in [1.165, 1.54) is 0 Å². The molecule has 0 aliphatic heterocycles. The van der Waals surface area contributed by atoms with Gasteiger partial charge in [-0.25, -0.2) is 0 Å². The van der Waals surface area contributed by atoms with Crippen LogP contribution in [0.15, 0.2) is 22.7 Å². The molecule has 75 valence electrons. The van der Waals surface area contributed by atoms with Gasteiger partial charge in [-0.2, -0.15) is 0 Å². The minimum atomic E-state index is 0. The van der Waals surface area contributed by atoms with Crippen LogP contribution in [0.3, 0.4) is 0 Å². The van der Waals surface area contributed by atoms with Crippen molar-refractivity contribution < 1.29 is 32.8 Å². The van der Waals surface area contributed by atoms with Crippen molar-refractivity contribution in [3.8, 4) is 0 Å². The summed E-state index contributed by atoms with van der Waals surface area (Å²) in [4.78, 5) is 10.3. The predicted octanol–water partition coefficient (Wildman–Crippen LogP) is 1.60. The number of rotatable bonds is 1. The number of anilines is 1. The van der Waals surface area contributed by atoms with Crippen LogP contribution in [0, 0.1) is 0 Å². The molecule has 13 heavy (non-hydrogen) atoms. The van der Waals surface area contributed by atoms with Crippen LogP contribution in [-0.2, 0) is 28.0 Å². The van der Waals surface area contributed by atoms with Crippen LogP contribution in [-0.4, -0.2) is 6.29 Å². The van der Waals surface area contributed by atoms with Gasteiger partial charge in [0.2, 0.25) is 0 Å². The number of benzene rings is 1. The predicted molar refractivity (Wildman–Crippen MR) is 45.3 cm³/mol. The second-order valence-corrected chi connectivity index (χ2v) is 2.81. The van der Waals surface area contributed by atoms with Gasteiger partial charge in [-0.15, -0.1) is 0 Å². The van der Waals surface area contributed by atoms with Gasteiger partial charge in [0.25, 0.3) is 0 Å². The van der Waals surface area contributed by atoms with Crippen LogP contribution in [0.5, 0.6) is 0 Å². The summed E-state index contributed by atoms with van der Waals surface area (Å²) in [6.45, 7) is 0. The Bertz CT molecular complexity index is 270. The Morgan fingerprint density at radius 1 is 1.31 bits per heavy atom. The summed E-state index contributed by atoms with van der Waals surface area (Å²) in [6.07, 6.45) is 0.736. The fraction of sp³-hybridized carbons (Fsp3) is 0. The van der Waals surface area contributed by atoms with Crippen LogP contribution in [0.4, 0.5) is 5.69 Å². The summed E-state index contributed by atoms with van der Waals surface area (Å²) in [5.41, 5.74) is 6.48. The normalized spacial score (nSPS) is 7.15. The van der Waals surface area contributed by atoms with E-state index in [0.29, 0.717) is 11.3 Å². The van der Waals surface area contributed by atoms with Gasteiger partial charge in [0.15, 0.2) is 6.29 Å². The second-order valence-electron chi connectivity index (χ2n) is 1.89. The molecule has 0 heterocycles. The molecule has 4 nitrogen and oxygen atoms in total. The van der Waals surface area contributed by atoms with Crippen molar-refractivity contribution in [1.82, 2.24) is 0 Å². The number of carbonyl (C=O) groups is 1. The van der Waals surface area contributed by atoms with E-state index in [1.807, 2.05) is 0 Å². The monoisotopic (exact) mass is 286 g/mol. The Morgan fingerprint density at radius 2 is 1.85 bits per heavy atom. The molecule has 0 fully saturated rings. The van der Waals surface area contributed by atoms with Gasteiger partial charge in [-0.05, 0) is 18.2 Å². The standard InChI is InChI=1S/C7H6BrNO.Mn.2O/c8-6-1-2-7(9)5(3-6)4-10;;;/h1-4H,9H2;;;/q;;2*-2. The molecule has 0 unspecified atom stereocenters. The molecule has 1 aromatic rings. The maximum Gasteiger partial charge on any atom is 0.152 e. The Labute approximate surface area is 94.7 Å². The topological polar surface area (TPSA) is 100 Å². The first-order chi connectivity index (χ1) is 4.74. The molecule has 0 amide bonds. The zero-order valence-electron chi connectivity index (χ0n) is 6.37. The molecule has 6 heteroatoms. The number of hydrogen-bond donors (Lipinski definition) is 1. The number of nitrogens with two attached hydrogens (primary N) is 1. The Balaban J connectivity index is -0.000000333. The third kappa shape index (κ3) is 5.02. The molecule has 1 aromatic carbocycles. The molecule has 1 radical (unpaired) electrons. The first-order valence-corrected chi connectivity index (χ1v) is 3.53. The van der Waals surface area contributed by atoms with Crippen molar-refractivity contribution in [2.45, 2.75) is 0 Å². The van der Waals surface area contributed by atoms with Gasteiger partial charge in [0, 0.05) is 32.8 Å². The molecule has 0 bridgehead atoms. The molecule has 0 aliphatic carbocycles. The molecule has 0 aromatic heterocycles. The Morgan fingerprint density at radius 3 is 2.23 bits per heavy atom. The molecule has 0 atom stereocenters. The van der Waals surface area contributed by atoms with Gasteiger partial charge in [0.1, 0.15) is 0 Å². The molecule has 2 N–H and O–H groups in total. The molecular weight excluding hydrogens is 281 g/mol. The van der Waals surface area contributed by atoms with Crippen molar-refractivity contribution in [1.29, 1.82) is 0 Å². The summed E-state index contributed by atoms with van der Waals surface area (Å²) >= 11 is 3.22. The van der Waals surface area contributed by atoms with Crippen molar-refractivity contribution in [3.05, 3.63) is 28.2 Å². The minimum absolute atomic E-state index is 0. The van der Waals surface area contributed by atoms with Crippen molar-refractivity contribution in [2.24, 2.45) is 0 Å². The molecule has 0 saturated carbocycles. The van der Waals surface area contributed by atoms with Crippen LogP contribution in [0.25, 0.3) is 0 Å². The number of nitrogen functional groups attached to an aromatic ring is 1. The van der Waals surface area contributed by atoms with Gasteiger partial charge in [-0.1, -0.05) is 15.9 Å². The van der Waals surface area contributed by atoms with Crippen LogP contribution >= 0.6 is 15.9 Å². The average Bonchev–Trinajstić information content (AvgIpc) is 1.94. The van der Waals surface area contributed by atoms with E-state index in [4.69, 9.17) is 5.73 Å². The minimum Gasteiger partial charge on any atom is -2.00 e. The number of carbonyl (C=O) groups excluding carboxylic acids is 1. The summed E-state index contributed by atoms with van der Waals surface area (Å²) in [6, 6.07) is 5.17. The molecule has 0 saturated heterocycles. The summed E-state index contributed by atoms with van der Waals surface area (Å²) in [5, 5.41) is 0. The fourth-order valence-electron chi connectivity index (χ4n) is 0.648. The van der Waals surface area contributed by atoms with Crippen LogP contribution in [0.2, 0.25) is 0 Å². The van der Waals surface area contributed by atoms with Gasteiger partial charge < -0.3 is 16.7 Å². The first kappa shape index (κ1) is 18.4. The Kier molecular flexibility index (Phi) is 11.6. The van der Waals surface area contributed by atoms with E-state index in [0.717, 1.165) is 10.8 Å². The van der Waals surface area contributed by atoms with E-state index in [-0.39, 0.29) is 28.0 Å². The van der Waals surface area contributed by atoms with E-state index in [2.05, 4.69) is 15.9 Å². The molecular formula is C7H6BrMnNO3-4. The third-order valence-electron chi connectivity index (χ3n) is 1.18. The first-order valence-electron chi connectivity index (χ1n) is 2.74. The van der Waals surface area contributed by atoms with Crippen molar-refractivity contribution in [2.75, 3.05) is 5.73 Å². The summed E-state index contributed by atoms with van der Waals surface area (Å²) in [7, 11) is 0. The molecule has 1 rings (SSSR count). The van der Waals surface area contributed by atoms with Gasteiger partial charge >= 0.3 is 0 Å². The Hall–Kier alpha value is -0.391. The maximum absolute atomic E-state index is 10.3. The fourth-order valence-corrected chi connectivity index (χ4v) is 1.03. The van der Waals surface area contributed by atoms with E-state index in [9.17, 15) is 4.79 Å². The molecule has 0 aliphatic rings. The number of hydrogen-bond acceptors (Lipinski definition) is 2. The zero-order chi connectivity index (χ0) is 7.56. The van der Waals surface area contributed by atoms with E-state index >= 15 is 0 Å². The molecule has 0 spiro atoms. The second kappa shape index (κ2) is 8.22. The summed E-state index contributed by atoms with van der Waals surface area (Å²) < 4.78 is 0.865. The number of halogens is 1. The van der Waals surface area contributed by atoms with Crippen LogP contribution < -0.4 is 5.73 Å². The maximum atomic E-state index is 10.3. The zero-order valence-corrected chi connectivity index (χ0v) is 9.13. The third-order valence-corrected chi connectivity index (χ3v) is 1.67. The van der Waals surface area contributed by atoms with Crippen LogP contribution in [0.1, 0.15) is 10.4 Å². The van der Waals surface area contributed by atoms with E-state index in [1.54, 1.807) is 18.2 Å². The van der Waals surface area contributed by atoms with Crippen molar-refractivity contribution in [3.63, 3.8) is 0 Å².